The highest BCUT2D eigenvalue weighted by Gasteiger charge is 2.31. The first kappa shape index (κ1) is 22.0. The second kappa shape index (κ2) is 8.95. The molecule has 8 heteroatoms. The number of benzene rings is 2. The normalized spacial score (nSPS) is 20.1. The molecule has 2 aromatic rings. The van der Waals surface area contributed by atoms with Gasteiger partial charge in [-0.1, -0.05) is 41.8 Å². The van der Waals surface area contributed by atoms with Crippen molar-refractivity contribution in [2.24, 2.45) is 11.8 Å². The first-order chi connectivity index (χ1) is 13.7. The molecule has 0 bridgehead atoms. The van der Waals surface area contributed by atoms with Gasteiger partial charge in [-0.15, -0.1) is 0 Å². The minimum Gasteiger partial charge on any atom is -0.266 e. The van der Waals surface area contributed by atoms with E-state index in [1.807, 2.05) is 13.8 Å². The van der Waals surface area contributed by atoms with Gasteiger partial charge in [0, 0.05) is 0 Å². The van der Waals surface area contributed by atoms with Gasteiger partial charge >= 0.3 is 0 Å². The maximum atomic E-state index is 12.4. The Morgan fingerprint density at radius 1 is 0.690 bits per heavy atom. The fraction of sp³-hybridized carbons (Fsp3) is 0.429. The molecule has 6 nitrogen and oxygen atoms in total. The van der Waals surface area contributed by atoms with Crippen LogP contribution < -0.4 is 0 Å². The van der Waals surface area contributed by atoms with Crippen molar-refractivity contribution in [2.45, 2.75) is 42.9 Å². The molecule has 0 aromatic heterocycles. The average molecular weight is 439 g/mol. The van der Waals surface area contributed by atoms with Gasteiger partial charge in [0.2, 0.25) is 0 Å². The Labute approximate surface area is 173 Å². The van der Waals surface area contributed by atoms with Crippen molar-refractivity contribution < 1.29 is 25.2 Å². The van der Waals surface area contributed by atoms with E-state index in [0.29, 0.717) is 0 Å². The summed E-state index contributed by atoms with van der Waals surface area (Å²) in [5.74, 6) is -0.133. The highest BCUT2D eigenvalue weighted by molar-refractivity contribution is 7.87. The van der Waals surface area contributed by atoms with Gasteiger partial charge in [-0.25, -0.2) is 0 Å². The van der Waals surface area contributed by atoms with Crippen molar-refractivity contribution in [3.63, 3.8) is 0 Å². The minimum absolute atomic E-state index is 0.0226. The van der Waals surface area contributed by atoms with Gasteiger partial charge in [0.1, 0.15) is 0 Å². The molecular formula is C21H26O6S2. The first-order valence-electron chi connectivity index (χ1n) is 9.59. The van der Waals surface area contributed by atoms with Gasteiger partial charge < -0.3 is 0 Å². The second-order valence-electron chi connectivity index (χ2n) is 7.55. The summed E-state index contributed by atoms with van der Waals surface area (Å²) in [5.41, 5.74) is 1.93. The maximum absolute atomic E-state index is 12.4. The van der Waals surface area contributed by atoms with E-state index in [9.17, 15) is 16.8 Å². The second-order valence-corrected chi connectivity index (χ2v) is 10.8. The lowest BCUT2D eigenvalue weighted by Gasteiger charge is -2.19. The van der Waals surface area contributed by atoms with Crippen LogP contribution in [0.25, 0.3) is 0 Å². The zero-order chi connectivity index (χ0) is 21.1. The third-order valence-electron chi connectivity index (χ3n) is 5.31. The molecule has 1 aliphatic rings. The third kappa shape index (κ3) is 5.66. The zero-order valence-electron chi connectivity index (χ0n) is 16.6. The van der Waals surface area contributed by atoms with Gasteiger partial charge in [0.15, 0.2) is 0 Å². The summed E-state index contributed by atoms with van der Waals surface area (Å²) in [6.45, 7) is 3.81. The maximum Gasteiger partial charge on any atom is 0.296 e. The standard InChI is InChI=1S/C21H26O6S2/c1-16-6-10-20(11-7-16)28(22,23)26-14-18-4-3-5-19(18)15-27-29(24,25)21-12-8-17(2)9-13-21/h6-13,18-19H,3-5,14-15H2,1-2H3/t18-,19-/m1/s1. The van der Waals surface area contributed by atoms with Crippen LogP contribution in [0.5, 0.6) is 0 Å². The van der Waals surface area contributed by atoms with E-state index in [0.717, 1.165) is 30.4 Å². The molecule has 3 rings (SSSR count). The van der Waals surface area contributed by atoms with E-state index in [-0.39, 0.29) is 34.8 Å². The van der Waals surface area contributed by atoms with Gasteiger partial charge in [-0.3, -0.25) is 8.37 Å². The van der Waals surface area contributed by atoms with Crippen molar-refractivity contribution >= 4 is 20.2 Å². The molecule has 0 saturated heterocycles. The van der Waals surface area contributed by atoms with Crippen LogP contribution in [0, 0.1) is 25.7 Å². The molecule has 0 aliphatic heterocycles. The van der Waals surface area contributed by atoms with Gasteiger partial charge in [-0.2, -0.15) is 16.8 Å². The van der Waals surface area contributed by atoms with Gasteiger partial charge in [-0.05, 0) is 62.8 Å². The molecule has 29 heavy (non-hydrogen) atoms. The lowest BCUT2D eigenvalue weighted by atomic mass is 9.98. The highest BCUT2D eigenvalue weighted by atomic mass is 32.2. The largest absolute Gasteiger partial charge is 0.296 e. The molecule has 0 amide bonds. The smallest absolute Gasteiger partial charge is 0.266 e. The van der Waals surface area contributed by atoms with E-state index >= 15 is 0 Å². The van der Waals surface area contributed by atoms with Crippen molar-refractivity contribution in [3.8, 4) is 0 Å². The van der Waals surface area contributed by atoms with Crippen molar-refractivity contribution in [3.05, 3.63) is 59.7 Å². The van der Waals surface area contributed by atoms with Gasteiger partial charge in [0.05, 0.1) is 23.0 Å². The molecule has 0 radical (unpaired) electrons. The van der Waals surface area contributed by atoms with Crippen LogP contribution in [-0.4, -0.2) is 30.0 Å². The van der Waals surface area contributed by atoms with E-state index in [1.54, 1.807) is 24.3 Å². The Hall–Kier alpha value is -1.74. The monoisotopic (exact) mass is 438 g/mol. The molecular weight excluding hydrogens is 412 g/mol. The highest BCUT2D eigenvalue weighted by Crippen LogP contribution is 2.33. The molecule has 1 fully saturated rings. The fourth-order valence-corrected chi connectivity index (χ4v) is 5.37. The zero-order valence-corrected chi connectivity index (χ0v) is 18.2. The van der Waals surface area contributed by atoms with Crippen LogP contribution in [-0.2, 0) is 28.6 Å². The number of hydrogen-bond acceptors (Lipinski definition) is 6. The van der Waals surface area contributed by atoms with E-state index in [4.69, 9.17) is 8.37 Å². The lowest BCUT2D eigenvalue weighted by molar-refractivity contribution is 0.169. The van der Waals surface area contributed by atoms with E-state index in [1.165, 1.54) is 24.3 Å². The molecule has 0 unspecified atom stereocenters. The third-order valence-corrected chi connectivity index (χ3v) is 7.90. The van der Waals surface area contributed by atoms with Crippen molar-refractivity contribution in [1.82, 2.24) is 0 Å². The predicted octanol–water partition coefficient (Wildman–Crippen LogP) is 3.83. The topological polar surface area (TPSA) is 86.7 Å². The van der Waals surface area contributed by atoms with Crippen LogP contribution in [0.2, 0.25) is 0 Å². The Balaban J connectivity index is 1.58. The van der Waals surface area contributed by atoms with Crippen LogP contribution in [0.4, 0.5) is 0 Å². The van der Waals surface area contributed by atoms with E-state index < -0.39 is 20.2 Å². The van der Waals surface area contributed by atoms with Crippen LogP contribution in [0.15, 0.2) is 58.3 Å². The molecule has 1 aliphatic carbocycles. The quantitative estimate of drug-likeness (QED) is 0.582. The molecule has 0 spiro atoms. The molecule has 158 valence electrons. The summed E-state index contributed by atoms with van der Waals surface area (Å²) in [6.07, 6.45) is 2.45. The Kier molecular flexibility index (Phi) is 6.78. The Morgan fingerprint density at radius 3 is 1.38 bits per heavy atom. The number of rotatable bonds is 8. The predicted molar refractivity (Wildman–Crippen MR) is 109 cm³/mol. The fourth-order valence-electron chi connectivity index (χ4n) is 3.45. The van der Waals surface area contributed by atoms with E-state index in [2.05, 4.69) is 0 Å². The summed E-state index contributed by atoms with van der Waals surface area (Å²) in [4.78, 5) is 0.242. The summed E-state index contributed by atoms with van der Waals surface area (Å²) in [6, 6.07) is 13.0. The summed E-state index contributed by atoms with van der Waals surface area (Å²) < 4.78 is 60.1. The molecule has 1 saturated carbocycles. The minimum atomic E-state index is -3.84. The summed E-state index contributed by atoms with van der Waals surface area (Å²) in [5, 5.41) is 0. The van der Waals surface area contributed by atoms with Crippen molar-refractivity contribution in [1.29, 1.82) is 0 Å². The Morgan fingerprint density at radius 2 is 1.03 bits per heavy atom. The lowest BCUT2D eigenvalue weighted by Crippen LogP contribution is -2.23. The number of hydrogen-bond donors (Lipinski definition) is 0. The Bertz CT molecular complexity index is 940. The summed E-state index contributed by atoms with van der Waals surface area (Å²) >= 11 is 0. The average Bonchev–Trinajstić information content (AvgIpc) is 3.13. The van der Waals surface area contributed by atoms with Crippen LogP contribution in [0.3, 0.4) is 0 Å². The van der Waals surface area contributed by atoms with Crippen LogP contribution in [0.1, 0.15) is 30.4 Å². The molecule has 2 aromatic carbocycles. The SMILES string of the molecule is Cc1ccc(S(=O)(=O)OC[C@H]2CCC[C@@H]2COS(=O)(=O)c2ccc(C)cc2)cc1. The van der Waals surface area contributed by atoms with Gasteiger partial charge in [0.25, 0.3) is 20.2 Å². The summed E-state index contributed by atoms with van der Waals surface area (Å²) in [7, 11) is -7.67. The number of aryl methyl sites for hydroxylation is 2. The molecule has 2 atom stereocenters. The first-order valence-corrected chi connectivity index (χ1v) is 12.4. The molecule has 0 heterocycles. The van der Waals surface area contributed by atoms with Crippen LogP contribution >= 0.6 is 0 Å². The molecule has 0 N–H and O–H groups in total. The van der Waals surface area contributed by atoms with Crippen molar-refractivity contribution in [2.75, 3.05) is 13.2 Å².